The molecule has 8 nitrogen and oxygen atoms in total. The van der Waals surface area contributed by atoms with Crippen LogP contribution in [0.25, 0.3) is 0 Å². The molecule has 0 saturated heterocycles. The summed E-state index contributed by atoms with van der Waals surface area (Å²) in [4.78, 5) is 17.7. The molecule has 1 rings (SSSR count). The number of guanidine groups is 1. The molecule has 0 atom stereocenters. The van der Waals surface area contributed by atoms with Gasteiger partial charge in [0.05, 0.1) is 13.7 Å². The minimum atomic E-state index is -0.511. The van der Waals surface area contributed by atoms with E-state index in [1.54, 1.807) is 21.2 Å². The summed E-state index contributed by atoms with van der Waals surface area (Å²) in [5.41, 5.74) is 0.302. The molecule has 0 heterocycles. The smallest absolute Gasteiger partial charge is 0.410 e. The maximum atomic E-state index is 12.0. The van der Waals surface area contributed by atoms with Crippen LogP contribution in [0.4, 0.5) is 10.5 Å². The van der Waals surface area contributed by atoms with Gasteiger partial charge in [0, 0.05) is 38.9 Å². The van der Waals surface area contributed by atoms with Crippen molar-refractivity contribution < 1.29 is 19.0 Å². The lowest BCUT2D eigenvalue weighted by Crippen LogP contribution is -2.40. The van der Waals surface area contributed by atoms with Crippen LogP contribution in [0, 0.1) is 0 Å². The van der Waals surface area contributed by atoms with Crippen molar-refractivity contribution >= 4 is 41.7 Å². The first kappa shape index (κ1) is 26.1. The number of rotatable bonds is 7. The van der Waals surface area contributed by atoms with Gasteiger partial charge in [0.2, 0.25) is 0 Å². The zero-order chi connectivity index (χ0) is 20.4. The Labute approximate surface area is 185 Å². The predicted octanol–water partition coefficient (Wildman–Crippen LogP) is 3.57. The maximum Gasteiger partial charge on any atom is 0.410 e. The standard InChI is InChI=1S/C19H32N4O4.HI/c1-8-26-16-13-14(9-10-15(16)25-7)22-17(20-5)21-11-12-23(6)18(24)27-19(2,3)4;/h9-10,13H,8,11-12H2,1-7H3,(H2,20,21,22);1H. The van der Waals surface area contributed by atoms with Crippen molar-refractivity contribution in [2.24, 2.45) is 4.99 Å². The Morgan fingerprint density at radius 3 is 2.46 bits per heavy atom. The topological polar surface area (TPSA) is 84.4 Å². The normalized spacial score (nSPS) is 11.2. The number of carbonyl (C=O) groups is 1. The molecule has 0 aliphatic rings. The second-order valence-corrected chi connectivity index (χ2v) is 6.82. The third-order valence-electron chi connectivity index (χ3n) is 3.39. The van der Waals surface area contributed by atoms with Crippen LogP contribution in [0.2, 0.25) is 0 Å². The number of anilines is 1. The largest absolute Gasteiger partial charge is 0.493 e. The lowest BCUT2D eigenvalue weighted by molar-refractivity contribution is 0.0302. The van der Waals surface area contributed by atoms with E-state index in [0.717, 1.165) is 5.69 Å². The van der Waals surface area contributed by atoms with Gasteiger partial charge in [0.25, 0.3) is 0 Å². The summed E-state index contributed by atoms with van der Waals surface area (Å²) in [7, 11) is 4.98. The number of likely N-dealkylation sites (N-methyl/N-ethyl adjacent to an activating group) is 1. The number of hydrogen-bond donors (Lipinski definition) is 2. The highest BCUT2D eigenvalue weighted by Crippen LogP contribution is 2.30. The summed E-state index contributed by atoms with van der Waals surface area (Å²) >= 11 is 0. The molecule has 0 unspecified atom stereocenters. The molecule has 0 aliphatic carbocycles. The van der Waals surface area contributed by atoms with Crippen molar-refractivity contribution in [2.75, 3.05) is 46.2 Å². The number of carbonyl (C=O) groups excluding carboxylic acids is 1. The maximum absolute atomic E-state index is 12.0. The van der Waals surface area contributed by atoms with Crippen molar-refractivity contribution in [2.45, 2.75) is 33.3 Å². The summed E-state index contributed by atoms with van der Waals surface area (Å²) in [6.07, 6.45) is -0.358. The predicted molar refractivity (Wildman–Crippen MR) is 123 cm³/mol. The van der Waals surface area contributed by atoms with Crippen molar-refractivity contribution in [3.63, 3.8) is 0 Å². The Hall–Kier alpha value is -1.91. The number of aliphatic imine (C=N–C) groups is 1. The molecule has 0 spiro atoms. The molecule has 0 aromatic heterocycles. The first-order valence-electron chi connectivity index (χ1n) is 8.92. The van der Waals surface area contributed by atoms with Gasteiger partial charge in [-0.1, -0.05) is 0 Å². The Morgan fingerprint density at radius 1 is 1.25 bits per heavy atom. The summed E-state index contributed by atoms with van der Waals surface area (Å²) in [5.74, 6) is 1.91. The van der Waals surface area contributed by atoms with Gasteiger partial charge in [-0.05, 0) is 39.8 Å². The Morgan fingerprint density at radius 2 is 1.93 bits per heavy atom. The zero-order valence-electron chi connectivity index (χ0n) is 17.8. The molecule has 0 aliphatic heterocycles. The molecule has 0 bridgehead atoms. The lowest BCUT2D eigenvalue weighted by atomic mass is 10.2. The van der Waals surface area contributed by atoms with E-state index in [9.17, 15) is 4.79 Å². The summed E-state index contributed by atoms with van der Waals surface area (Å²) < 4.78 is 16.2. The van der Waals surface area contributed by atoms with Gasteiger partial charge < -0.3 is 29.7 Å². The van der Waals surface area contributed by atoms with Crippen LogP contribution in [0.15, 0.2) is 23.2 Å². The van der Waals surface area contributed by atoms with Crippen LogP contribution >= 0.6 is 24.0 Å². The summed E-state index contributed by atoms with van der Waals surface area (Å²) in [6.45, 7) is 8.98. The Kier molecular flexibility index (Phi) is 11.7. The van der Waals surface area contributed by atoms with Gasteiger partial charge in [-0.15, -0.1) is 24.0 Å². The van der Waals surface area contributed by atoms with Crippen LogP contribution in [0.3, 0.4) is 0 Å². The molecule has 9 heteroatoms. The Balaban J connectivity index is 0.00000729. The van der Waals surface area contributed by atoms with E-state index in [4.69, 9.17) is 14.2 Å². The van der Waals surface area contributed by atoms with E-state index >= 15 is 0 Å². The van der Waals surface area contributed by atoms with Crippen LogP contribution in [-0.4, -0.2) is 63.5 Å². The molecular weight excluding hydrogens is 475 g/mol. The molecule has 1 aromatic carbocycles. The first-order chi connectivity index (χ1) is 12.7. The second-order valence-electron chi connectivity index (χ2n) is 6.82. The number of nitrogens with one attached hydrogen (secondary N) is 2. The SMILES string of the molecule is CCOc1cc(NC(=NC)NCCN(C)C(=O)OC(C)(C)C)ccc1OC.I. The van der Waals surface area contributed by atoms with Crippen molar-refractivity contribution in [3.05, 3.63) is 18.2 Å². The minimum absolute atomic E-state index is 0. The summed E-state index contributed by atoms with van der Waals surface area (Å²) in [5, 5.41) is 6.35. The van der Waals surface area contributed by atoms with Gasteiger partial charge in [-0.2, -0.15) is 0 Å². The molecule has 0 radical (unpaired) electrons. The number of methoxy groups -OCH3 is 1. The quantitative estimate of drug-likeness (QED) is 0.333. The monoisotopic (exact) mass is 508 g/mol. The minimum Gasteiger partial charge on any atom is -0.493 e. The van der Waals surface area contributed by atoms with E-state index < -0.39 is 5.60 Å². The fourth-order valence-electron chi connectivity index (χ4n) is 2.11. The average molecular weight is 508 g/mol. The van der Waals surface area contributed by atoms with Crippen molar-refractivity contribution in [1.82, 2.24) is 10.2 Å². The summed E-state index contributed by atoms with van der Waals surface area (Å²) in [6, 6.07) is 5.56. The van der Waals surface area contributed by atoms with Gasteiger partial charge in [0.1, 0.15) is 5.60 Å². The van der Waals surface area contributed by atoms with E-state index in [0.29, 0.717) is 37.2 Å². The van der Waals surface area contributed by atoms with Gasteiger partial charge >= 0.3 is 6.09 Å². The highest BCUT2D eigenvalue weighted by Gasteiger charge is 2.19. The number of benzene rings is 1. The number of halogens is 1. The molecular formula is C19H33IN4O4. The van der Waals surface area contributed by atoms with E-state index in [1.807, 2.05) is 45.9 Å². The molecule has 0 saturated carbocycles. The van der Waals surface area contributed by atoms with E-state index in [-0.39, 0.29) is 30.1 Å². The van der Waals surface area contributed by atoms with E-state index in [2.05, 4.69) is 15.6 Å². The first-order valence-corrected chi connectivity index (χ1v) is 8.92. The molecule has 2 N–H and O–H groups in total. The zero-order valence-corrected chi connectivity index (χ0v) is 20.1. The highest BCUT2D eigenvalue weighted by atomic mass is 127. The number of hydrogen-bond acceptors (Lipinski definition) is 5. The number of nitrogens with zero attached hydrogens (tertiary/aromatic N) is 2. The molecule has 28 heavy (non-hydrogen) atoms. The van der Waals surface area contributed by atoms with Gasteiger partial charge in [0.15, 0.2) is 17.5 Å². The number of ether oxygens (including phenoxy) is 3. The molecule has 160 valence electrons. The second kappa shape index (κ2) is 12.5. The van der Waals surface area contributed by atoms with Crippen molar-refractivity contribution in [3.8, 4) is 11.5 Å². The lowest BCUT2D eigenvalue weighted by Gasteiger charge is -2.25. The van der Waals surface area contributed by atoms with Crippen LogP contribution in [0.5, 0.6) is 11.5 Å². The third kappa shape index (κ3) is 9.34. The van der Waals surface area contributed by atoms with Crippen LogP contribution in [0.1, 0.15) is 27.7 Å². The van der Waals surface area contributed by atoms with Crippen LogP contribution in [-0.2, 0) is 4.74 Å². The van der Waals surface area contributed by atoms with Crippen LogP contribution < -0.4 is 20.1 Å². The van der Waals surface area contributed by atoms with Gasteiger partial charge in [-0.3, -0.25) is 4.99 Å². The fraction of sp³-hybridized carbons (Fsp3) is 0.579. The van der Waals surface area contributed by atoms with E-state index in [1.165, 1.54) is 4.90 Å². The average Bonchev–Trinajstić information content (AvgIpc) is 2.59. The van der Waals surface area contributed by atoms with Crippen molar-refractivity contribution in [1.29, 1.82) is 0 Å². The number of amides is 1. The fourth-order valence-corrected chi connectivity index (χ4v) is 2.11. The molecule has 0 fully saturated rings. The Bertz CT molecular complexity index is 647. The highest BCUT2D eigenvalue weighted by molar-refractivity contribution is 14.0. The third-order valence-corrected chi connectivity index (χ3v) is 3.39. The van der Waals surface area contributed by atoms with Gasteiger partial charge in [-0.25, -0.2) is 4.79 Å². The molecule has 1 amide bonds. The molecule has 1 aromatic rings.